The van der Waals surface area contributed by atoms with Crippen LogP contribution >= 0.6 is 0 Å². The van der Waals surface area contributed by atoms with Gasteiger partial charge in [-0.3, -0.25) is 0 Å². The minimum atomic E-state index is 1.16. The van der Waals surface area contributed by atoms with E-state index in [1.54, 1.807) is 9.80 Å². The first-order chi connectivity index (χ1) is 9.90. The Morgan fingerprint density at radius 2 is 1.20 bits per heavy atom. The van der Waals surface area contributed by atoms with Crippen molar-refractivity contribution in [1.29, 1.82) is 0 Å². The van der Waals surface area contributed by atoms with Gasteiger partial charge in [0, 0.05) is 23.3 Å². The molecule has 1 aliphatic rings. The Morgan fingerprint density at radius 3 is 1.75 bits per heavy atom. The van der Waals surface area contributed by atoms with Crippen LogP contribution in [-0.2, 0) is 13.1 Å². The molecule has 0 radical (unpaired) electrons. The minimum Gasteiger partial charge on any atom is -0.322 e. The summed E-state index contributed by atoms with van der Waals surface area (Å²) >= 11 is 0. The number of piperazine rings is 1. The maximum absolute atomic E-state index is 3.09. The predicted molar refractivity (Wildman–Crippen MR) is 78.2 cm³/mol. The molecule has 0 spiro atoms. The van der Waals surface area contributed by atoms with Crippen LogP contribution in [0.2, 0.25) is 0 Å². The molecule has 104 valence electrons. The fourth-order valence-electron chi connectivity index (χ4n) is 3.02. The Morgan fingerprint density at radius 1 is 0.700 bits per heavy atom. The van der Waals surface area contributed by atoms with Crippen LogP contribution in [0, 0.1) is 0 Å². The lowest BCUT2D eigenvalue weighted by molar-refractivity contribution is -1.02. The molecule has 0 aliphatic carbocycles. The molecule has 0 saturated carbocycles. The summed E-state index contributed by atoms with van der Waals surface area (Å²) in [5.41, 5.74) is 2.90. The second kappa shape index (κ2) is 6.64. The molecule has 0 bridgehead atoms. The van der Waals surface area contributed by atoms with Gasteiger partial charge in [-0.05, 0) is 0 Å². The van der Waals surface area contributed by atoms with Gasteiger partial charge in [0.05, 0.1) is 0 Å². The van der Waals surface area contributed by atoms with Crippen LogP contribution in [0.25, 0.3) is 0 Å². The molecule has 2 aromatic rings. The summed E-state index contributed by atoms with van der Waals surface area (Å²) in [5.74, 6) is 0. The van der Waals surface area contributed by atoms with E-state index < -0.39 is 0 Å². The van der Waals surface area contributed by atoms with Crippen LogP contribution in [0.3, 0.4) is 0 Å². The van der Waals surface area contributed by atoms with Crippen LogP contribution < -0.4 is 14.8 Å². The highest BCUT2D eigenvalue weighted by Gasteiger charge is 2.22. The van der Waals surface area contributed by atoms with E-state index in [1.807, 2.05) is 12.4 Å². The highest BCUT2D eigenvalue weighted by atomic mass is 15.3. The first-order valence-corrected chi connectivity index (χ1v) is 7.56. The fourth-order valence-corrected chi connectivity index (χ4v) is 3.02. The van der Waals surface area contributed by atoms with E-state index >= 15 is 0 Å². The smallest absolute Gasteiger partial charge is 0.167 e. The minimum absolute atomic E-state index is 1.16. The molecule has 1 fully saturated rings. The van der Waals surface area contributed by atoms with Crippen molar-refractivity contribution >= 4 is 0 Å². The van der Waals surface area contributed by atoms with Crippen molar-refractivity contribution in [2.75, 3.05) is 26.2 Å². The van der Waals surface area contributed by atoms with E-state index in [-0.39, 0.29) is 0 Å². The van der Waals surface area contributed by atoms with E-state index in [1.165, 1.54) is 43.9 Å². The molecule has 1 aromatic heterocycles. The van der Waals surface area contributed by atoms with Crippen molar-refractivity contribution in [2.45, 2.75) is 13.1 Å². The van der Waals surface area contributed by atoms with Crippen molar-refractivity contribution in [3.05, 3.63) is 66.0 Å². The predicted octanol–water partition coefficient (Wildman–Crippen LogP) is -1.02. The Labute approximate surface area is 120 Å². The third kappa shape index (κ3) is 3.65. The van der Waals surface area contributed by atoms with Crippen LogP contribution in [-0.4, -0.2) is 26.2 Å². The second-order valence-electron chi connectivity index (χ2n) is 5.75. The summed E-state index contributed by atoms with van der Waals surface area (Å²) in [5, 5.41) is 0. The van der Waals surface area contributed by atoms with Crippen LogP contribution in [0.5, 0.6) is 0 Å². The first-order valence-electron chi connectivity index (χ1n) is 7.56. The van der Waals surface area contributed by atoms with Gasteiger partial charge in [-0.1, -0.05) is 30.3 Å². The average Bonchev–Trinajstić information content (AvgIpc) is 2.51. The number of benzene rings is 1. The molecule has 1 aromatic carbocycles. The van der Waals surface area contributed by atoms with Gasteiger partial charge >= 0.3 is 0 Å². The quantitative estimate of drug-likeness (QED) is 0.711. The topological polar surface area (TPSA) is 23.0 Å². The number of quaternary nitrogens is 2. The zero-order valence-electron chi connectivity index (χ0n) is 11.9. The van der Waals surface area contributed by atoms with Crippen molar-refractivity contribution in [1.82, 2.24) is 0 Å². The molecule has 3 nitrogen and oxygen atoms in total. The molecule has 3 rings (SSSR count). The molecule has 0 atom stereocenters. The lowest BCUT2D eigenvalue weighted by Gasteiger charge is -2.29. The van der Waals surface area contributed by atoms with E-state index in [2.05, 4.69) is 47.4 Å². The van der Waals surface area contributed by atoms with Gasteiger partial charge < -0.3 is 9.80 Å². The van der Waals surface area contributed by atoms with Crippen molar-refractivity contribution in [2.24, 2.45) is 0 Å². The largest absolute Gasteiger partial charge is 0.322 e. The number of pyridine rings is 1. The molecule has 3 N–H and O–H groups in total. The second-order valence-corrected chi connectivity index (χ2v) is 5.75. The summed E-state index contributed by atoms with van der Waals surface area (Å²) in [6.45, 7) is 7.45. The van der Waals surface area contributed by atoms with E-state index in [4.69, 9.17) is 0 Å². The number of aromatic nitrogens is 1. The molecule has 0 amide bonds. The van der Waals surface area contributed by atoms with Crippen LogP contribution in [0.15, 0.2) is 54.9 Å². The van der Waals surface area contributed by atoms with Crippen LogP contribution in [0.4, 0.5) is 0 Å². The lowest BCUT2D eigenvalue weighted by atomic mass is 10.2. The number of aromatic amines is 1. The Hall–Kier alpha value is -1.71. The number of nitrogens with one attached hydrogen (secondary N) is 3. The van der Waals surface area contributed by atoms with Crippen LogP contribution in [0.1, 0.15) is 11.1 Å². The summed E-state index contributed by atoms with van der Waals surface area (Å²) in [6.07, 6.45) is 4.04. The van der Waals surface area contributed by atoms with E-state index in [0.29, 0.717) is 0 Å². The zero-order chi connectivity index (χ0) is 13.6. The van der Waals surface area contributed by atoms with E-state index in [9.17, 15) is 0 Å². The van der Waals surface area contributed by atoms with Gasteiger partial charge in [-0.2, -0.15) is 0 Å². The zero-order valence-corrected chi connectivity index (χ0v) is 11.9. The van der Waals surface area contributed by atoms with Gasteiger partial charge in [0.1, 0.15) is 39.3 Å². The number of hydrogen-bond donors (Lipinski definition) is 2. The summed E-state index contributed by atoms with van der Waals surface area (Å²) in [6, 6.07) is 15.2. The third-order valence-corrected chi connectivity index (χ3v) is 4.20. The lowest BCUT2D eigenvalue weighted by Crippen LogP contribution is -3.27. The molecule has 1 aliphatic heterocycles. The first kappa shape index (κ1) is 13.3. The SMILES string of the molecule is c1ccc(C[NH+]2CC[NH+](Cc3cc[nH+]cc3)CC2)cc1. The molecule has 1 saturated heterocycles. The fraction of sp³-hybridized carbons (Fsp3) is 0.353. The summed E-state index contributed by atoms with van der Waals surface area (Å²) in [4.78, 5) is 6.53. The maximum atomic E-state index is 3.09. The number of H-pyrrole nitrogens is 1. The Kier molecular flexibility index (Phi) is 4.41. The van der Waals surface area contributed by atoms with Crippen molar-refractivity contribution in [3.8, 4) is 0 Å². The Balaban J connectivity index is 1.47. The highest BCUT2D eigenvalue weighted by Crippen LogP contribution is 1.95. The average molecular weight is 270 g/mol. The normalized spacial score (nSPS) is 22.6. The summed E-state index contributed by atoms with van der Waals surface area (Å²) in [7, 11) is 0. The van der Waals surface area contributed by atoms with Gasteiger partial charge in [0.2, 0.25) is 0 Å². The van der Waals surface area contributed by atoms with Gasteiger partial charge in [0.15, 0.2) is 12.4 Å². The Bertz CT molecular complexity index is 455. The number of hydrogen-bond acceptors (Lipinski definition) is 0. The molecule has 20 heavy (non-hydrogen) atoms. The molecule has 3 heteroatoms. The third-order valence-electron chi connectivity index (χ3n) is 4.20. The monoisotopic (exact) mass is 270 g/mol. The molecule has 0 unspecified atom stereocenters. The van der Waals surface area contributed by atoms with Crippen molar-refractivity contribution < 1.29 is 14.8 Å². The van der Waals surface area contributed by atoms with E-state index in [0.717, 1.165) is 6.54 Å². The molecular formula is C17H24N3+3. The summed E-state index contributed by atoms with van der Waals surface area (Å²) < 4.78 is 0. The maximum Gasteiger partial charge on any atom is 0.167 e. The standard InChI is InChI=1S/C17H21N3/c1-2-4-16(5-3-1)14-19-10-12-20(13-11-19)15-17-6-8-18-9-7-17/h1-9H,10-15H2/p+3. The van der Waals surface area contributed by atoms with Crippen molar-refractivity contribution in [3.63, 3.8) is 0 Å². The highest BCUT2D eigenvalue weighted by molar-refractivity contribution is 5.13. The molecular weight excluding hydrogens is 246 g/mol. The van der Waals surface area contributed by atoms with Gasteiger partial charge in [0.25, 0.3) is 0 Å². The van der Waals surface area contributed by atoms with Gasteiger partial charge in [-0.25, -0.2) is 4.98 Å². The molecule has 2 heterocycles. The van der Waals surface area contributed by atoms with Gasteiger partial charge in [-0.15, -0.1) is 0 Å². The number of rotatable bonds is 4.